The van der Waals surface area contributed by atoms with Crippen molar-refractivity contribution in [2.75, 3.05) is 31.1 Å². The number of hydrogen-bond acceptors (Lipinski definition) is 2. The van der Waals surface area contributed by atoms with Crippen molar-refractivity contribution in [2.24, 2.45) is 5.41 Å². The quantitative estimate of drug-likeness (QED) is 0.510. The first-order valence-electron chi connectivity index (χ1n) is 11.6. The fourth-order valence-corrected chi connectivity index (χ4v) is 5.34. The summed E-state index contributed by atoms with van der Waals surface area (Å²) in [6.07, 6.45) is 4.39. The average molecular weight is 429 g/mol. The first kappa shape index (κ1) is 20.7. The number of rotatable bonds is 3. The Morgan fingerprint density at radius 1 is 0.781 bits per heavy atom. The predicted octanol–water partition coefficient (Wildman–Crippen LogP) is 6.02. The number of piperidine rings is 2. The van der Waals surface area contributed by atoms with E-state index in [9.17, 15) is 9.18 Å². The Morgan fingerprint density at radius 2 is 1.53 bits per heavy atom. The summed E-state index contributed by atoms with van der Waals surface area (Å²) < 4.78 is 13.5. The third-order valence-electron chi connectivity index (χ3n) is 7.16. The lowest BCUT2D eigenvalue weighted by Gasteiger charge is -2.48. The van der Waals surface area contributed by atoms with E-state index in [1.807, 2.05) is 11.0 Å². The Kier molecular flexibility index (Phi) is 5.69. The van der Waals surface area contributed by atoms with Crippen molar-refractivity contribution >= 4 is 11.6 Å². The van der Waals surface area contributed by atoms with Crippen molar-refractivity contribution in [1.29, 1.82) is 0 Å². The summed E-state index contributed by atoms with van der Waals surface area (Å²) in [6.45, 7) is 3.60. The van der Waals surface area contributed by atoms with Crippen LogP contribution in [0.2, 0.25) is 0 Å². The maximum Gasteiger partial charge on any atom is 0.253 e. The fraction of sp³-hybridized carbons (Fsp3) is 0.321. The van der Waals surface area contributed by atoms with Gasteiger partial charge in [-0.3, -0.25) is 4.79 Å². The summed E-state index contributed by atoms with van der Waals surface area (Å²) in [7, 11) is 0. The van der Waals surface area contributed by atoms with Crippen LogP contribution in [0.5, 0.6) is 0 Å². The molecule has 0 N–H and O–H groups in total. The summed E-state index contributed by atoms with van der Waals surface area (Å²) in [5.74, 6) is -0.410. The lowest BCUT2D eigenvalue weighted by Crippen LogP contribution is -2.50. The van der Waals surface area contributed by atoms with Crippen molar-refractivity contribution in [1.82, 2.24) is 4.90 Å². The fourth-order valence-electron chi connectivity index (χ4n) is 5.34. The molecule has 1 spiro atoms. The number of halogens is 1. The molecule has 0 saturated carbocycles. The van der Waals surface area contributed by atoms with Crippen molar-refractivity contribution < 1.29 is 9.18 Å². The maximum absolute atomic E-state index is 13.5. The summed E-state index contributed by atoms with van der Waals surface area (Å²) in [5.41, 5.74) is 4.47. The van der Waals surface area contributed by atoms with Crippen LogP contribution in [0, 0.1) is 11.2 Å². The SMILES string of the molecule is O=C(c1cccc(F)c1)N1CCC2(CCCN(c3cccc(-c4ccccc4)c3)C2)CC1. The molecule has 0 bridgehead atoms. The molecule has 0 radical (unpaired) electrons. The first-order chi connectivity index (χ1) is 15.6. The van der Waals surface area contributed by atoms with Crippen molar-refractivity contribution in [3.63, 3.8) is 0 Å². The highest BCUT2D eigenvalue weighted by Crippen LogP contribution is 2.41. The zero-order chi connectivity index (χ0) is 22.0. The van der Waals surface area contributed by atoms with Crippen LogP contribution in [0.1, 0.15) is 36.0 Å². The van der Waals surface area contributed by atoms with Gasteiger partial charge < -0.3 is 9.80 Å². The molecule has 0 unspecified atom stereocenters. The number of likely N-dealkylation sites (tertiary alicyclic amines) is 1. The van der Waals surface area contributed by atoms with Gasteiger partial charge in [-0.25, -0.2) is 4.39 Å². The van der Waals surface area contributed by atoms with Crippen LogP contribution in [0.15, 0.2) is 78.9 Å². The Labute approximate surface area is 189 Å². The van der Waals surface area contributed by atoms with Crippen LogP contribution in [0.25, 0.3) is 11.1 Å². The van der Waals surface area contributed by atoms with Crippen LogP contribution < -0.4 is 4.90 Å². The van der Waals surface area contributed by atoms with Crippen molar-refractivity contribution in [2.45, 2.75) is 25.7 Å². The van der Waals surface area contributed by atoms with E-state index in [1.165, 1.54) is 41.8 Å². The van der Waals surface area contributed by atoms with Gasteiger partial charge in [-0.15, -0.1) is 0 Å². The molecular weight excluding hydrogens is 399 g/mol. The van der Waals surface area contributed by atoms with Crippen LogP contribution in [-0.2, 0) is 0 Å². The maximum atomic E-state index is 13.5. The first-order valence-corrected chi connectivity index (χ1v) is 11.6. The van der Waals surface area contributed by atoms with Gasteiger partial charge >= 0.3 is 0 Å². The number of anilines is 1. The number of hydrogen-bond donors (Lipinski definition) is 0. The minimum Gasteiger partial charge on any atom is -0.371 e. The molecule has 0 aliphatic carbocycles. The molecule has 1 amide bonds. The molecular formula is C28H29FN2O. The van der Waals surface area contributed by atoms with Gasteiger partial charge in [0.15, 0.2) is 0 Å². The molecule has 2 aliphatic heterocycles. The van der Waals surface area contributed by atoms with Gasteiger partial charge in [0.25, 0.3) is 5.91 Å². The number of carbonyl (C=O) groups excluding carboxylic acids is 1. The van der Waals surface area contributed by atoms with Crippen molar-refractivity contribution in [3.05, 3.63) is 90.2 Å². The topological polar surface area (TPSA) is 23.6 Å². The molecule has 164 valence electrons. The summed E-state index contributed by atoms with van der Waals surface area (Å²) in [5, 5.41) is 0. The third kappa shape index (κ3) is 4.27. The van der Waals surface area contributed by atoms with Gasteiger partial charge in [0.05, 0.1) is 0 Å². The molecule has 2 saturated heterocycles. The average Bonchev–Trinajstić information content (AvgIpc) is 2.85. The van der Waals surface area contributed by atoms with Crippen LogP contribution in [-0.4, -0.2) is 37.0 Å². The molecule has 4 heteroatoms. The van der Waals surface area contributed by atoms with Crippen molar-refractivity contribution in [3.8, 4) is 11.1 Å². The number of amides is 1. The highest BCUT2D eigenvalue weighted by atomic mass is 19.1. The van der Waals surface area contributed by atoms with Gasteiger partial charge in [0.1, 0.15) is 5.82 Å². The second-order valence-electron chi connectivity index (χ2n) is 9.24. The molecule has 0 atom stereocenters. The third-order valence-corrected chi connectivity index (χ3v) is 7.16. The Bertz CT molecular complexity index is 1090. The minimum absolute atomic E-state index is 0.0532. The van der Waals surface area contributed by atoms with E-state index in [4.69, 9.17) is 0 Å². The number of nitrogens with zero attached hydrogens (tertiary/aromatic N) is 2. The summed E-state index contributed by atoms with van der Waals surface area (Å²) in [4.78, 5) is 17.3. The van der Waals surface area contributed by atoms with E-state index in [1.54, 1.807) is 12.1 Å². The summed E-state index contributed by atoms with van der Waals surface area (Å²) in [6, 6.07) is 25.4. The minimum atomic E-state index is -0.356. The molecule has 32 heavy (non-hydrogen) atoms. The highest BCUT2D eigenvalue weighted by Gasteiger charge is 2.39. The number of benzene rings is 3. The summed E-state index contributed by atoms with van der Waals surface area (Å²) >= 11 is 0. The lowest BCUT2D eigenvalue weighted by molar-refractivity contribution is 0.0540. The molecule has 2 aliphatic rings. The Hall–Kier alpha value is -3.14. The van der Waals surface area contributed by atoms with Gasteiger partial charge in [-0.05, 0) is 72.6 Å². The molecule has 3 aromatic carbocycles. The molecule has 3 aromatic rings. The Morgan fingerprint density at radius 3 is 2.31 bits per heavy atom. The molecule has 3 nitrogen and oxygen atoms in total. The van der Waals surface area contributed by atoms with E-state index in [-0.39, 0.29) is 17.1 Å². The van der Waals surface area contributed by atoms with E-state index >= 15 is 0 Å². The van der Waals surface area contributed by atoms with Gasteiger partial charge in [0, 0.05) is 37.4 Å². The number of carbonyl (C=O) groups is 1. The second-order valence-corrected chi connectivity index (χ2v) is 9.24. The smallest absolute Gasteiger partial charge is 0.253 e. The van der Waals surface area contributed by atoms with Crippen LogP contribution in [0.3, 0.4) is 0 Å². The molecule has 2 heterocycles. The normalized spacial score (nSPS) is 18.0. The van der Waals surface area contributed by atoms with E-state index in [0.717, 1.165) is 39.0 Å². The zero-order valence-corrected chi connectivity index (χ0v) is 18.3. The van der Waals surface area contributed by atoms with Crippen LogP contribution in [0.4, 0.5) is 10.1 Å². The predicted molar refractivity (Wildman–Crippen MR) is 127 cm³/mol. The van der Waals surface area contributed by atoms with Gasteiger partial charge in [0.2, 0.25) is 0 Å². The monoisotopic (exact) mass is 428 g/mol. The second kappa shape index (κ2) is 8.78. The van der Waals surface area contributed by atoms with E-state index in [0.29, 0.717) is 5.56 Å². The lowest BCUT2D eigenvalue weighted by atomic mass is 9.72. The largest absolute Gasteiger partial charge is 0.371 e. The standard InChI is InChI=1S/C28H29FN2O/c29-25-11-4-10-24(19-25)27(32)30-17-14-28(15-18-30)13-6-16-31(21-28)26-12-5-9-23(20-26)22-7-2-1-3-8-22/h1-5,7-12,19-20H,6,13-18,21H2. The van der Waals surface area contributed by atoms with Gasteiger partial charge in [-0.2, -0.15) is 0 Å². The van der Waals surface area contributed by atoms with Gasteiger partial charge in [-0.1, -0.05) is 48.5 Å². The molecule has 5 rings (SSSR count). The Balaban J connectivity index is 1.27. The zero-order valence-electron chi connectivity index (χ0n) is 18.3. The highest BCUT2D eigenvalue weighted by molar-refractivity contribution is 5.94. The molecule has 0 aromatic heterocycles. The van der Waals surface area contributed by atoms with E-state index < -0.39 is 0 Å². The molecule has 2 fully saturated rings. The van der Waals surface area contributed by atoms with E-state index in [2.05, 4.69) is 53.4 Å². The van der Waals surface area contributed by atoms with Crippen LogP contribution >= 0.6 is 0 Å².